The third-order valence-electron chi connectivity index (χ3n) is 4.74. The van der Waals surface area contributed by atoms with Gasteiger partial charge in [0.2, 0.25) is 0 Å². The average molecular weight is 455 g/mol. The summed E-state index contributed by atoms with van der Waals surface area (Å²) in [4.78, 5) is 41.0. The maximum absolute atomic E-state index is 12.6. The van der Waals surface area contributed by atoms with Gasteiger partial charge in [0.25, 0.3) is 17.4 Å². The van der Waals surface area contributed by atoms with Crippen LogP contribution in [0.1, 0.15) is 20.8 Å². The van der Waals surface area contributed by atoms with Crippen molar-refractivity contribution in [2.24, 2.45) is 0 Å². The summed E-state index contributed by atoms with van der Waals surface area (Å²) in [6.07, 6.45) is 3.17. The lowest BCUT2D eigenvalue weighted by molar-refractivity contribution is 0.101. The molecule has 170 valence electrons. The number of hydrogen-bond acceptors (Lipinski definition) is 6. The number of hydrogen-bond donors (Lipinski definition) is 2. The number of para-hydroxylation sites is 1. The van der Waals surface area contributed by atoms with Gasteiger partial charge in [-0.2, -0.15) is 5.10 Å². The van der Waals surface area contributed by atoms with E-state index in [2.05, 4.69) is 20.7 Å². The molecule has 4 aromatic rings. The van der Waals surface area contributed by atoms with Gasteiger partial charge in [-0.05, 0) is 54.6 Å². The lowest BCUT2D eigenvalue weighted by Gasteiger charge is -2.10. The van der Waals surface area contributed by atoms with Gasteiger partial charge >= 0.3 is 0 Å². The van der Waals surface area contributed by atoms with Gasteiger partial charge in [-0.1, -0.05) is 18.2 Å². The molecule has 0 atom stereocenters. The number of benzene rings is 2. The molecule has 0 radical (unpaired) electrons. The van der Waals surface area contributed by atoms with E-state index in [0.29, 0.717) is 22.7 Å². The van der Waals surface area contributed by atoms with Crippen LogP contribution in [0, 0.1) is 0 Å². The van der Waals surface area contributed by atoms with Crippen LogP contribution >= 0.6 is 0 Å². The van der Waals surface area contributed by atoms with E-state index in [1.54, 1.807) is 48.8 Å². The molecular formula is C25H21N5O4. The van der Waals surface area contributed by atoms with E-state index < -0.39 is 5.91 Å². The highest BCUT2D eigenvalue weighted by atomic mass is 16.5. The van der Waals surface area contributed by atoms with E-state index >= 15 is 0 Å². The summed E-state index contributed by atoms with van der Waals surface area (Å²) in [5, 5.41) is 9.59. The van der Waals surface area contributed by atoms with Crippen molar-refractivity contribution in [2.75, 3.05) is 17.2 Å². The molecule has 4 rings (SSSR count). The van der Waals surface area contributed by atoms with Crippen LogP contribution in [-0.4, -0.2) is 33.2 Å². The summed E-state index contributed by atoms with van der Waals surface area (Å²) in [6.45, 7) is 0.417. The van der Waals surface area contributed by atoms with E-state index in [1.165, 1.54) is 16.8 Å². The summed E-state index contributed by atoms with van der Waals surface area (Å²) < 4.78 is 6.78. The minimum atomic E-state index is -0.481. The van der Waals surface area contributed by atoms with Gasteiger partial charge in [0.15, 0.2) is 0 Å². The normalized spacial score (nSPS) is 10.4. The fourth-order valence-electron chi connectivity index (χ4n) is 3.04. The summed E-state index contributed by atoms with van der Waals surface area (Å²) in [5.74, 6) is -0.0929. The average Bonchev–Trinajstić information content (AvgIpc) is 2.87. The van der Waals surface area contributed by atoms with Gasteiger partial charge in [-0.25, -0.2) is 4.68 Å². The third-order valence-corrected chi connectivity index (χ3v) is 4.74. The molecule has 0 unspecified atom stereocenters. The van der Waals surface area contributed by atoms with Crippen LogP contribution in [0.5, 0.6) is 5.75 Å². The van der Waals surface area contributed by atoms with Crippen LogP contribution in [0.4, 0.5) is 11.4 Å². The molecule has 0 aliphatic rings. The number of aromatic nitrogens is 3. The Kier molecular flexibility index (Phi) is 7.04. The molecule has 2 amide bonds. The highest BCUT2D eigenvalue weighted by molar-refractivity contribution is 6.05. The molecule has 2 aromatic carbocycles. The zero-order chi connectivity index (χ0) is 23.8. The highest BCUT2D eigenvalue weighted by Crippen LogP contribution is 2.13. The molecule has 2 heterocycles. The smallest absolute Gasteiger partial charge is 0.276 e. The first kappa shape index (κ1) is 22.4. The first-order valence-corrected chi connectivity index (χ1v) is 10.5. The molecule has 0 saturated heterocycles. The highest BCUT2D eigenvalue weighted by Gasteiger charge is 2.12. The van der Waals surface area contributed by atoms with Crippen molar-refractivity contribution in [1.29, 1.82) is 0 Å². The van der Waals surface area contributed by atoms with Gasteiger partial charge in [-0.3, -0.25) is 19.4 Å². The van der Waals surface area contributed by atoms with Crippen LogP contribution in [0.25, 0.3) is 0 Å². The second-order valence-corrected chi connectivity index (χ2v) is 7.17. The first-order valence-electron chi connectivity index (χ1n) is 10.5. The number of carbonyl (C=O) groups excluding carboxylic acids is 2. The molecule has 0 aliphatic heterocycles. The number of anilines is 2. The standard InChI is InChI=1S/C25H21N5O4/c31-23-13-12-22(29-30(23)15-16-34-21-6-2-1-3-7-21)25(33)27-19-10-8-18(9-11-19)24(32)28-20-5-4-14-26-17-20/h1-14,17H,15-16H2,(H,27,33)(H,28,32). The molecular weight excluding hydrogens is 434 g/mol. The van der Waals surface area contributed by atoms with Gasteiger partial charge < -0.3 is 15.4 Å². The number of carbonyl (C=O) groups is 2. The van der Waals surface area contributed by atoms with E-state index in [-0.39, 0.29) is 30.3 Å². The molecule has 0 saturated carbocycles. The summed E-state index contributed by atoms with van der Waals surface area (Å²) in [7, 11) is 0. The SMILES string of the molecule is O=C(Nc1cccnc1)c1ccc(NC(=O)c2ccc(=O)n(CCOc3ccccc3)n2)cc1. The minimum Gasteiger partial charge on any atom is -0.492 e. The molecule has 2 aromatic heterocycles. The molecule has 9 nitrogen and oxygen atoms in total. The fourth-order valence-corrected chi connectivity index (χ4v) is 3.04. The fraction of sp³-hybridized carbons (Fsp3) is 0.0800. The van der Waals surface area contributed by atoms with E-state index in [1.807, 2.05) is 30.3 Å². The van der Waals surface area contributed by atoms with E-state index in [4.69, 9.17) is 4.74 Å². The lowest BCUT2D eigenvalue weighted by atomic mass is 10.2. The summed E-state index contributed by atoms with van der Waals surface area (Å²) >= 11 is 0. The van der Waals surface area contributed by atoms with Crippen LogP contribution in [0.15, 0.2) is 96.1 Å². The maximum Gasteiger partial charge on any atom is 0.276 e. The van der Waals surface area contributed by atoms with Crippen LogP contribution < -0.4 is 20.9 Å². The molecule has 0 bridgehead atoms. The number of pyridine rings is 1. The Morgan fingerprint density at radius 1 is 0.824 bits per heavy atom. The zero-order valence-corrected chi connectivity index (χ0v) is 18.0. The zero-order valence-electron chi connectivity index (χ0n) is 18.0. The Labute approximate surface area is 195 Å². The quantitative estimate of drug-likeness (QED) is 0.422. The Bertz CT molecular complexity index is 1320. The predicted octanol–water partition coefficient (Wildman–Crippen LogP) is 3.22. The van der Waals surface area contributed by atoms with Crippen molar-refractivity contribution >= 4 is 23.2 Å². The molecule has 2 N–H and O–H groups in total. The Morgan fingerprint density at radius 2 is 1.59 bits per heavy atom. The summed E-state index contributed by atoms with van der Waals surface area (Å²) in [6, 6.07) is 21.7. The van der Waals surface area contributed by atoms with Gasteiger partial charge in [0.1, 0.15) is 18.1 Å². The molecule has 0 spiro atoms. The van der Waals surface area contributed by atoms with Crippen molar-refractivity contribution < 1.29 is 14.3 Å². The van der Waals surface area contributed by atoms with E-state index in [0.717, 1.165) is 0 Å². The molecule has 34 heavy (non-hydrogen) atoms. The monoisotopic (exact) mass is 455 g/mol. The minimum absolute atomic E-state index is 0.0812. The Balaban J connectivity index is 1.36. The van der Waals surface area contributed by atoms with E-state index in [9.17, 15) is 14.4 Å². The second kappa shape index (κ2) is 10.7. The van der Waals surface area contributed by atoms with Gasteiger partial charge in [0, 0.05) is 23.5 Å². The third kappa shape index (κ3) is 5.92. The number of nitrogens with zero attached hydrogens (tertiary/aromatic N) is 3. The van der Waals surface area contributed by atoms with Crippen LogP contribution in [0.3, 0.4) is 0 Å². The predicted molar refractivity (Wildman–Crippen MR) is 127 cm³/mol. The number of nitrogens with one attached hydrogen (secondary N) is 2. The van der Waals surface area contributed by atoms with Crippen molar-refractivity contribution in [3.8, 4) is 5.75 Å². The molecule has 0 aliphatic carbocycles. The van der Waals surface area contributed by atoms with Crippen LogP contribution in [-0.2, 0) is 6.54 Å². The largest absolute Gasteiger partial charge is 0.492 e. The number of amides is 2. The van der Waals surface area contributed by atoms with Gasteiger partial charge in [0.05, 0.1) is 18.4 Å². The lowest BCUT2D eigenvalue weighted by Crippen LogP contribution is -2.28. The van der Waals surface area contributed by atoms with Crippen LogP contribution in [0.2, 0.25) is 0 Å². The number of rotatable bonds is 8. The van der Waals surface area contributed by atoms with Crippen molar-refractivity contribution in [3.63, 3.8) is 0 Å². The topological polar surface area (TPSA) is 115 Å². The first-order chi connectivity index (χ1) is 16.6. The van der Waals surface area contributed by atoms with Crippen molar-refractivity contribution in [2.45, 2.75) is 6.54 Å². The summed E-state index contributed by atoms with van der Waals surface area (Å²) in [5.41, 5.74) is 1.23. The van der Waals surface area contributed by atoms with Crippen molar-refractivity contribution in [1.82, 2.24) is 14.8 Å². The number of ether oxygens (including phenoxy) is 1. The second-order valence-electron chi connectivity index (χ2n) is 7.17. The van der Waals surface area contributed by atoms with Crippen molar-refractivity contribution in [3.05, 3.63) is 113 Å². The maximum atomic E-state index is 12.6. The molecule has 9 heteroatoms. The Hall–Kier alpha value is -4.79. The molecule has 0 fully saturated rings. The van der Waals surface area contributed by atoms with Gasteiger partial charge in [-0.15, -0.1) is 0 Å². The Morgan fingerprint density at radius 3 is 2.32 bits per heavy atom.